The van der Waals surface area contributed by atoms with Gasteiger partial charge in [-0.25, -0.2) is 4.98 Å². The summed E-state index contributed by atoms with van der Waals surface area (Å²) in [6, 6.07) is 4.83. The standard InChI is InChI=1S/C15H23N3O/c1-16-11-12-6-7-17-15(10-12)18-8-9-19-14-5-3-2-4-13(14)18/h6-7,10,13-14,16H,2-5,8-9,11H2,1H3. The maximum Gasteiger partial charge on any atom is 0.129 e. The molecule has 0 aromatic carbocycles. The van der Waals surface area contributed by atoms with Crippen molar-refractivity contribution in [2.75, 3.05) is 25.1 Å². The van der Waals surface area contributed by atoms with Crippen molar-refractivity contribution in [1.82, 2.24) is 10.3 Å². The molecule has 1 saturated heterocycles. The summed E-state index contributed by atoms with van der Waals surface area (Å²) < 4.78 is 5.93. The van der Waals surface area contributed by atoms with Crippen LogP contribution < -0.4 is 10.2 Å². The van der Waals surface area contributed by atoms with E-state index >= 15 is 0 Å². The molecule has 0 radical (unpaired) electrons. The lowest BCUT2D eigenvalue weighted by Crippen LogP contribution is -2.53. The second kappa shape index (κ2) is 5.88. The molecule has 0 bridgehead atoms. The Morgan fingerprint density at radius 3 is 3.21 bits per heavy atom. The first-order valence-corrected chi connectivity index (χ1v) is 7.36. The smallest absolute Gasteiger partial charge is 0.129 e. The number of hydrogen-bond donors (Lipinski definition) is 1. The van der Waals surface area contributed by atoms with Gasteiger partial charge in [-0.05, 0) is 37.6 Å². The SMILES string of the molecule is CNCc1ccnc(N2CCOC3CCCCC32)c1. The lowest BCUT2D eigenvalue weighted by atomic mass is 9.90. The van der Waals surface area contributed by atoms with Gasteiger partial charge >= 0.3 is 0 Å². The number of fused-ring (bicyclic) bond motifs is 1. The highest BCUT2D eigenvalue weighted by Crippen LogP contribution is 2.31. The summed E-state index contributed by atoms with van der Waals surface area (Å²) in [4.78, 5) is 7.04. The molecule has 1 aromatic heterocycles. The number of rotatable bonds is 3. The van der Waals surface area contributed by atoms with E-state index in [0.29, 0.717) is 12.1 Å². The third-order valence-electron chi connectivity index (χ3n) is 4.22. The van der Waals surface area contributed by atoms with E-state index in [9.17, 15) is 0 Å². The number of anilines is 1. The summed E-state index contributed by atoms with van der Waals surface area (Å²) in [5.74, 6) is 1.12. The maximum absolute atomic E-state index is 5.93. The molecule has 1 N–H and O–H groups in total. The van der Waals surface area contributed by atoms with Gasteiger partial charge in [-0.1, -0.05) is 12.8 Å². The lowest BCUT2D eigenvalue weighted by Gasteiger charge is -2.44. The monoisotopic (exact) mass is 261 g/mol. The molecule has 1 aliphatic carbocycles. The third-order valence-corrected chi connectivity index (χ3v) is 4.22. The van der Waals surface area contributed by atoms with Gasteiger partial charge in [0.15, 0.2) is 0 Å². The zero-order chi connectivity index (χ0) is 13.1. The average Bonchev–Trinajstić information content (AvgIpc) is 2.47. The van der Waals surface area contributed by atoms with Crippen molar-refractivity contribution in [1.29, 1.82) is 0 Å². The molecule has 3 rings (SSSR count). The molecule has 4 heteroatoms. The molecule has 2 atom stereocenters. The first-order chi connectivity index (χ1) is 9.38. The Hall–Kier alpha value is -1.13. The van der Waals surface area contributed by atoms with Crippen molar-refractivity contribution in [3.05, 3.63) is 23.9 Å². The second-order valence-corrected chi connectivity index (χ2v) is 5.51. The van der Waals surface area contributed by atoms with Gasteiger partial charge < -0.3 is 15.0 Å². The zero-order valence-corrected chi connectivity index (χ0v) is 11.6. The van der Waals surface area contributed by atoms with Crippen molar-refractivity contribution in [3.8, 4) is 0 Å². The summed E-state index contributed by atoms with van der Waals surface area (Å²) in [5.41, 5.74) is 1.30. The van der Waals surface area contributed by atoms with Crippen LogP contribution in [-0.4, -0.2) is 37.3 Å². The fourth-order valence-corrected chi connectivity index (χ4v) is 3.31. The maximum atomic E-state index is 5.93. The van der Waals surface area contributed by atoms with Gasteiger partial charge in [0, 0.05) is 19.3 Å². The molecule has 0 spiro atoms. The molecule has 1 saturated carbocycles. The van der Waals surface area contributed by atoms with Gasteiger partial charge in [0.05, 0.1) is 18.8 Å². The molecular weight excluding hydrogens is 238 g/mol. The van der Waals surface area contributed by atoms with Crippen LogP contribution in [0.25, 0.3) is 0 Å². The number of morpholine rings is 1. The molecule has 2 heterocycles. The van der Waals surface area contributed by atoms with Crippen molar-refractivity contribution in [2.45, 2.75) is 44.4 Å². The Morgan fingerprint density at radius 2 is 2.32 bits per heavy atom. The molecule has 19 heavy (non-hydrogen) atoms. The minimum atomic E-state index is 0.414. The minimum absolute atomic E-state index is 0.414. The van der Waals surface area contributed by atoms with Crippen LogP contribution in [0.15, 0.2) is 18.3 Å². The fraction of sp³-hybridized carbons (Fsp3) is 0.667. The Kier molecular flexibility index (Phi) is 3.99. The fourth-order valence-electron chi connectivity index (χ4n) is 3.31. The van der Waals surface area contributed by atoms with E-state index < -0.39 is 0 Å². The molecular formula is C15H23N3O. The summed E-state index contributed by atoms with van der Waals surface area (Å²) in [5, 5.41) is 3.20. The average molecular weight is 261 g/mol. The molecule has 104 valence electrons. The number of aromatic nitrogens is 1. The van der Waals surface area contributed by atoms with Gasteiger partial charge in [-0.15, -0.1) is 0 Å². The van der Waals surface area contributed by atoms with Crippen LogP contribution in [0.3, 0.4) is 0 Å². The Balaban J connectivity index is 1.81. The Morgan fingerprint density at radius 1 is 1.42 bits per heavy atom. The molecule has 4 nitrogen and oxygen atoms in total. The highest BCUT2D eigenvalue weighted by Gasteiger charge is 2.34. The largest absolute Gasteiger partial charge is 0.374 e. The summed E-state index contributed by atoms with van der Waals surface area (Å²) >= 11 is 0. The Bertz CT molecular complexity index is 422. The van der Waals surface area contributed by atoms with E-state index in [4.69, 9.17) is 4.74 Å². The van der Waals surface area contributed by atoms with Gasteiger partial charge in [-0.2, -0.15) is 0 Å². The number of nitrogens with zero attached hydrogens (tertiary/aromatic N) is 2. The van der Waals surface area contributed by atoms with Gasteiger partial charge in [0.1, 0.15) is 5.82 Å². The summed E-state index contributed by atoms with van der Waals surface area (Å²) in [7, 11) is 1.98. The van der Waals surface area contributed by atoms with Crippen LogP contribution in [0.1, 0.15) is 31.2 Å². The molecule has 1 aromatic rings. The van der Waals surface area contributed by atoms with E-state index in [1.807, 2.05) is 13.2 Å². The number of nitrogens with one attached hydrogen (secondary N) is 1. The third kappa shape index (κ3) is 2.74. The van der Waals surface area contributed by atoms with Crippen LogP contribution in [-0.2, 0) is 11.3 Å². The van der Waals surface area contributed by atoms with E-state index in [1.165, 1.54) is 31.2 Å². The topological polar surface area (TPSA) is 37.4 Å². The molecule has 0 amide bonds. The molecule has 2 aliphatic rings. The normalized spacial score (nSPS) is 27.1. The van der Waals surface area contributed by atoms with Gasteiger partial charge in [-0.3, -0.25) is 0 Å². The van der Waals surface area contributed by atoms with Crippen LogP contribution >= 0.6 is 0 Å². The summed E-state index contributed by atoms with van der Waals surface area (Å²) in [6.07, 6.45) is 7.41. The number of hydrogen-bond acceptors (Lipinski definition) is 4. The van der Waals surface area contributed by atoms with E-state index in [0.717, 1.165) is 25.5 Å². The van der Waals surface area contributed by atoms with Crippen molar-refractivity contribution in [2.24, 2.45) is 0 Å². The lowest BCUT2D eigenvalue weighted by molar-refractivity contribution is -0.00899. The predicted octanol–water partition coefficient (Wildman–Crippen LogP) is 1.95. The predicted molar refractivity (Wildman–Crippen MR) is 76.3 cm³/mol. The Labute approximate surface area is 115 Å². The molecule has 1 aliphatic heterocycles. The minimum Gasteiger partial charge on any atom is -0.374 e. The zero-order valence-electron chi connectivity index (χ0n) is 11.6. The van der Waals surface area contributed by atoms with Gasteiger partial charge in [0.25, 0.3) is 0 Å². The number of ether oxygens (including phenoxy) is 1. The van der Waals surface area contributed by atoms with E-state index in [2.05, 4.69) is 27.3 Å². The van der Waals surface area contributed by atoms with Crippen LogP contribution in [0, 0.1) is 0 Å². The van der Waals surface area contributed by atoms with Gasteiger partial charge in [0.2, 0.25) is 0 Å². The van der Waals surface area contributed by atoms with E-state index in [-0.39, 0.29) is 0 Å². The van der Waals surface area contributed by atoms with Crippen LogP contribution in [0.4, 0.5) is 5.82 Å². The van der Waals surface area contributed by atoms with Crippen LogP contribution in [0.2, 0.25) is 0 Å². The highest BCUT2D eigenvalue weighted by atomic mass is 16.5. The first-order valence-electron chi connectivity index (χ1n) is 7.36. The summed E-state index contributed by atoms with van der Waals surface area (Å²) in [6.45, 7) is 2.70. The molecule has 2 fully saturated rings. The number of pyridine rings is 1. The van der Waals surface area contributed by atoms with Crippen molar-refractivity contribution < 1.29 is 4.74 Å². The van der Waals surface area contributed by atoms with E-state index in [1.54, 1.807) is 0 Å². The van der Waals surface area contributed by atoms with Crippen molar-refractivity contribution >= 4 is 5.82 Å². The second-order valence-electron chi connectivity index (χ2n) is 5.51. The quantitative estimate of drug-likeness (QED) is 0.902. The van der Waals surface area contributed by atoms with Crippen molar-refractivity contribution in [3.63, 3.8) is 0 Å². The first kappa shape index (κ1) is 12.9. The van der Waals surface area contributed by atoms with Crippen LogP contribution in [0.5, 0.6) is 0 Å². The highest BCUT2D eigenvalue weighted by molar-refractivity contribution is 5.43. The molecule has 2 unspecified atom stereocenters.